The highest BCUT2D eigenvalue weighted by Gasteiger charge is 2.47. The Kier molecular flexibility index (Phi) is 5.18. The van der Waals surface area contributed by atoms with Crippen LogP contribution in [0, 0.1) is 6.92 Å². The van der Waals surface area contributed by atoms with Gasteiger partial charge in [-0.2, -0.15) is 0 Å². The molecule has 6 rings (SSSR count). The van der Waals surface area contributed by atoms with Crippen LogP contribution in [0.2, 0.25) is 0 Å². The Bertz CT molecular complexity index is 1100. The minimum atomic E-state index is -0.358. The maximum atomic E-state index is 12.7. The van der Waals surface area contributed by atoms with Crippen molar-refractivity contribution in [1.29, 1.82) is 0 Å². The fourth-order valence-electron chi connectivity index (χ4n) is 5.89. The van der Waals surface area contributed by atoms with Crippen molar-refractivity contribution in [2.45, 2.75) is 76.4 Å². The number of aryl methyl sites for hydroxylation is 1. The summed E-state index contributed by atoms with van der Waals surface area (Å²) in [4.78, 5) is 17.0. The number of benzene rings is 2. The lowest BCUT2D eigenvalue weighted by Gasteiger charge is -2.38. The lowest BCUT2D eigenvalue weighted by molar-refractivity contribution is -0.000987. The minimum Gasteiger partial charge on any atom is -0.493 e. The fraction of sp³-hybridized carbons (Fsp3) is 0.552. The van der Waals surface area contributed by atoms with E-state index in [4.69, 9.17) is 9.47 Å². The van der Waals surface area contributed by atoms with Gasteiger partial charge < -0.3 is 9.47 Å². The molecule has 0 aromatic heterocycles. The molecule has 2 aromatic rings. The maximum Gasteiger partial charge on any atom is 0.415 e. The molecule has 0 N–H and O–H groups in total. The molecule has 34 heavy (non-hydrogen) atoms. The van der Waals surface area contributed by atoms with E-state index in [0.29, 0.717) is 12.5 Å². The third-order valence-corrected chi connectivity index (χ3v) is 8.39. The summed E-state index contributed by atoms with van der Waals surface area (Å²) >= 11 is 0. The number of nitrogens with zero attached hydrogens (tertiary/aromatic N) is 2. The van der Waals surface area contributed by atoms with E-state index >= 15 is 0 Å². The number of ether oxygens (including phenoxy) is 2. The van der Waals surface area contributed by atoms with E-state index in [-0.39, 0.29) is 17.1 Å². The van der Waals surface area contributed by atoms with Gasteiger partial charge in [-0.3, -0.25) is 9.80 Å². The van der Waals surface area contributed by atoms with Crippen molar-refractivity contribution >= 4 is 11.8 Å². The van der Waals surface area contributed by atoms with Gasteiger partial charge in [0.05, 0.1) is 13.2 Å². The Morgan fingerprint density at radius 1 is 1.03 bits per heavy atom. The van der Waals surface area contributed by atoms with Gasteiger partial charge in [-0.05, 0) is 60.8 Å². The van der Waals surface area contributed by atoms with Crippen LogP contribution in [0.4, 0.5) is 10.5 Å². The Morgan fingerprint density at radius 2 is 1.76 bits per heavy atom. The number of hydrogen-bond donors (Lipinski definition) is 0. The number of likely N-dealkylation sites (tertiary alicyclic amines) is 1. The monoisotopic (exact) mass is 460 g/mol. The summed E-state index contributed by atoms with van der Waals surface area (Å²) in [7, 11) is 0. The van der Waals surface area contributed by atoms with Crippen LogP contribution in [-0.4, -0.2) is 42.8 Å². The summed E-state index contributed by atoms with van der Waals surface area (Å²) in [6, 6.07) is 13.0. The molecular formula is C29H36N2O3. The standard InChI is InChI=1S/C29H36N2O3/c1-20-4-8-23(9-5-20)31-19-29(34-27(31)32)10-13-30(14-11-29)18-21-16-24(22-6-7-22)26-25(17-21)28(2,3)12-15-33-26/h4-5,8-9,16-17,22H,6-7,10-15,18-19H2,1-3H3. The second-order valence-electron chi connectivity index (χ2n) is 11.6. The molecule has 1 amide bonds. The summed E-state index contributed by atoms with van der Waals surface area (Å²) in [5.74, 6) is 1.85. The first-order valence-electron chi connectivity index (χ1n) is 12.9. The minimum absolute atomic E-state index is 0.163. The first-order valence-corrected chi connectivity index (χ1v) is 12.9. The van der Waals surface area contributed by atoms with E-state index in [0.717, 1.165) is 51.2 Å². The van der Waals surface area contributed by atoms with Crippen molar-refractivity contribution in [2.75, 3.05) is 31.1 Å². The van der Waals surface area contributed by atoms with Crippen molar-refractivity contribution < 1.29 is 14.3 Å². The van der Waals surface area contributed by atoms with Crippen LogP contribution in [0.15, 0.2) is 36.4 Å². The maximum absolute atomic E-state index is 12.7. The van der Waals surface area contributed by atoms with Crippen molar-refractivity contribution in [3.63, 3.8) is 0 Å². The first kappa shape index (κ1) is 22.0. The number of anilines is 1. The van der Waals surface area contributed by atoms with Crippen LogP contribution in [0.1, 0.15) is 74.1 Å². The molecule has 1 spiro atoms. The van der Waals surface area contributed by atoms with Crippen LogP contribution in [0.25, 0.3) is 0 Å². The van der Waals surface area contributed by atoms with E-state index in [2.05, 4.69) is 49.9 Å². The Labute approximate surface area is 203 Å². The highest BCUT2D eigenvalue weighted by molar-refractivity contribution is 5.90. The second kappa shape index (κ2) is 8.01. The van der Waals surface area contributed by atoms with Crippen LogP contribution < -0.4 is 9.64 Å². The van der Waals surface area contributed by atoms with Gasteiger partial charge in [0.1, 0.15) is 11.4 Å². The predicted molar refractivity (Wildman–Crippen MR) is 134 cm³/mol. The van der Waals surface area contributed by atoms with Gasteiger partial charge in [-0.1, -0.05) is 43.7 Å². The van der Waals surface area contributed by atoms with Crippen LogP contribution >= 0.6 is 0 Å². The summed E-state index contributed by atoms with van der Waals surface area (Å²) < 4.78 is 12.2. The average molecular weight is 461 g/mol. The van der Waals surface area contributed by atoms with E-state index in [1.165, 1.54) is 40.8 Å². The average Bonchev–Trinajstić information content (AvgIpc) is 3.60. The van der Waals surface area contributed by atoms with Gasteiger partial charge in [0.15, 0.2) is 0 Å². The zero-order valence-corrected chi connectivity index (χ0v) is 20.7. The molecule has 5 nitrogen and oxygen atoms in total. The van der Waals surface area contributed by atoms with Crippen LogP contribution in [0.3, 0.4) is 0 Å². The third kappa shape index (κ3) is 3.98. The first-order chi connectivity index (χ1) is 16.3. The topological polar surface area (TPSA) is 42.0 Å². The molecule has 1 aliphatic carbocycles. The molecule has 0 unspecified atom stereocenters. The molecule has 5 heteroatoms. The zero-order chi connectivity index (χ0) is 23.5. The molecule has 2 aromatic carbocycles. The number of carbonyl (C=O) groups excluding carboxylic acids is 1. The molecule has 3 heterocycles. The number of piperidine rings is 1. The zero-order valence-electron chi connectivity index (χ0n) is 20.7. The number of fused-ring (bicyclic) bond motifs is 1. The van der Waals surface area contributed by atoms with Gasteiger partial charge in [0, 0.05) is 43.7 Å². The van der Waals surface area contributed by atoms with Gasteiger partial charge in [0.25, 0.3) is 0 Å². The molecule has 180 valence electrons. The molecule has 2 saturated heterocycles. The summed E-state index contributed by atoms with van der Waals surface area (Å²) in [6.45, 7) is 11.1. The van der Waals surface area contributed by atoms with Crippen molar-refractivity contribution in [2.24, 2.45) is 0 Å². The normalized spacial score (nSPS) is 23.5. The number of carbonyl (C=O) groups is 1. The van der Waals surface area contributed by atoms with Crippen molar-refractivity contribution in [3.8, 4) is 5.75 Å². The number of hydrogen-bond acceptors (Lipinski definition) is 4. The molecule has 4 aliphatic rings. The molecular weight excluding hydrogens is 424 g/mol. The van der Waals surface area contributed by atoms with Crippen LogP contribution in [-0.2, 0) is 16.7 Å². The molecule has 1 saturated carbocycles. The van der Waals surface area contributed by atoms with E-state index < -0.39 is 0 Å². The SMILES string of the molecule is Cc1ccc(N2CC3(CCN(Cc4cc(C5CC5)c5c(c4)C(C)(C)CCO5)CC3)OC2=O)cc1. The molecule has 0 radical (unpaired) electrons. The van der Waals surface area contributed by atoms with E-state index in [1.807, 2.05) is 17.0 Å². The summed E-state index contributed by atoms with van der Waals surface area (Å²) in [5.41, 5.74) is 6.17. The van der Waals surface area contributed by atoms with Gasteiger partial charge in [-0.15, -0.1) is 0 Å². The molecule has 0 atom stereocenters. The Morgan fingerprint density at radius 3 is 2.47 bits per heavy atom. The van der Waals surface area contributed by atoms with E-state index in [1.54, 1.807) is 0 Å². The number of rotatable bonds is 4. The second-order valence-corrected chi connectivity index (χ2v) is 11.6. The molecule has 3 fully saturated rings. The summed E-state index contributed by atoms with van der Waals surface area (Å²) in [6.07, 6.45) is 5.21. The highest BCUT2D eigenvalue weighted by atomic mass is 16.6. The smallest absolute Gasteiger partial charge is 0.415 e. The fourth-order valence-corrected chi connectivity index (χ4v) is 5.89. The Balaban J connectivity index is 1.15. The predicted octanol–water partition coefficient (Wildman–Crippen LogP) is 5.92. The number of amides is 1. The van der Waals surface area contributed by atoms with Gasteiger partial charge >= 0.3 is 6.09 Å². The summed E-state index contributed by atoms with van der Waals surface area (Å²) in [5, 5.41) is 0. The van der Waals surface area contributed by atoms with E-state index in [9.17, 15) is 4.79 Å². The largest absolute Gasteiger partial charge is 0.493 e. The Hall–Kier alpha value is -2.53. The van der Waals surface area contributed by atoms with Crippen molar-refractivity contribution in [3.05, 3.63) is 58.7 Å². The van der Waals surface area contributed by atoms with Crippen LogP contribution in [0.5, 0.6) is 5.75 Å². The third-order valence-electron chi connectivity index (χ3n) is 8.39. The lowest BCUT2D eigenvalue weighted by atomic mass is 9.77. The van der Waals surface area contributed by atoms with Gasteiger partial charge in [0.2, 0.25) is 0 Å². The van der Waals surface area contributed by atoms with Gasteiger partial charge in [-0.25, -0.2) is 4.79 Å². The lowest BCUT2D eigenvalue weighted by Crippen LogP contribution is -2.46. The molecule has 0 bridgehead atoms. The molecule has 3 aliphatic heterocycles. The highest BCUT2D eigenvalue weighted by Crippen LogP contribution is 2.50. The quantitative estimate of drug-likeness (QED) is 0.568. The van der Waals surface area contributed by atoms with Crippen molar-refractivity contribution in [1.82, 2.24) is 4.90 Å².